The van der Waals surface area contributed by atoms with E-state index in [1.165, 1.54) is 48.8 Å². The van der Waals surface area contributed by atoms with Crippen molar-refractivity contribution in [3.8, 4) is 17.1 Å². The van der Waals surface area contributed by atoms with Gasteiger partial charge in [-0.25, -0.2) is 14.4 Å². The van der Waals surface area contributed by atoms with Crippen LogP contribution in [0, 0.1) is 5.82 Å². The van der Waals surface area contributed by atoms with Crippen LogP contribution in [0.4, 0.5) is 15.9 Å². The van der Waals surface area contributed by atoms with Gasteiger partial charge in [-0.1, -0.05) is 11.6 Å². The van der Waals surface area contributed by atoms with Crippen molar-refractivity contribution in [1.82, 2.24) is 30.5 Å². The molecule has 1 saturated heterocycles. The summed E-state index contributed by atoms with van der Waals surface area (Å²) in [7, 11) is 4.83. The lowest BCUT2D eigenvalue weighted by Gasteiger charge is -2.17. The number of nitrogens with one attached hydrogen (secondary N) is 3. The van der Waals surface area contributed by atoms with Crippen molar-refractivity contribution < 1.29 is 18.7 Å². The van der Waals surface area contributed by atoms with Crippen LogP contribution in [-0.4, -0.2) is 71.5 Å². The third kappa shape index (κ3) is 5.52. The molecule has 1 aromatic carbocycles. The van der Waals surface area contributed by atoms with Crippen LogP contribution in [0.1, 0.15) is 16.8 Å². The smallest absolute Gasteiger partial charge is 0.255 e. The minimum absolute atomic E-state index is 0.0433. The standard InChI is InChI=1S/C24H25ClFN7O3/c1-33(2)24(35)19-9-14(10-28-19)30-23(34)16-11-27-7-6-18(16)31-22-20(36-3)12-29-21(32-22)15-8-13(25)4-5-17(15)26/h4-8,11-12,14,19,28H,9-10H2,1-3H3,(H,30,34)(H,27,29,31,32). The molecular formula is C24H25ClFN7O3. The van der Waals surface area contributed by atoms with Gasteiger partial charge in [0.05, 0.1) is 36.2 Å². The number of likely N-dealkylation sites (N-methyl/N-ethyl adjacent to an activating group) is 1. The molecule has 0 saturated carbocycles. The molecule has 3 N–H and O–H groups in total. The Kier molecular flexibility index (Phi) is 7.61. The highest BCUT2D eigenvalue weighted by Crippen LogP contribution is 2.30. The van der Waals surface area contributed by atoms with E-state index >= 15 is 0 Å². The van der Waals surface area contributed by atoms with Gasteiger partial charge in [0.25, 0.3) is 5.91 Å². The van der Waals surface area contributed by atoms with Crippen molar-refractivity contribution >= 4 is 34.9 Å². The first-order chi connectivity index (χ1) is 17.3. The summed E-state index contributed by atoms with van der Waals surface area (Å²) in [6, 6.07) is 5.12. The Bertz CT molecular complexity index is 1290. The van der Waals surface area contributed by atoms with Crippen LogP contribution in [0.5, 0.6) is 5.75 Å². The molecule has 2 amide bonds. The topological polar surface area (TPSA) is 121 Å². The van der Waals surface area contributed by atoms with E-state index in [4.69, 9.17) is 16.3 Å². The monoisotopic (exact) mass is 513 g/mol. The number of benzene rings is 1. The molecule has 0 radical (unpaired) electrons. The highest BCUT2D eigenvalue weighted by molar-refractivity contribution is 6.30. The first kappa shape index (κ1) is 25.3. The molecule has 2 aromatic heterocycles. The number of methoxy groups -OCH3 is 1. The predicted octanol–water partition coefficient (Wildman–Crippen LogP) is 2.63. The van der Waals surface area contributed by atoms with Crippen LogP contribution in [0.15, 0.2) is 42.9 Å². The maximum atomic E-state index is 14.4. The molecular weight excluding hydrogens is 489 g/mol. The van der Waals surface area contributed by atoms with E-state index in [2.05, 4.69) is 30.9 Å². The van der Waals surface area contributed by atoms with Gasteiger partial charge in [-0.15, -0.1) is 0 Å². The lowest BCUT2D eigenvalue weighted by atomic mass is 10.1. The summed E-state index contributed by atoms with van der Waals surface area (Å²) in [5, 5.41) is 9.49. The lowest BCUT2D eigenvalue weighted by molar-refractivity contribution is -0.130. The van der Waals surface area contributed by atoms with E-state index in [0.717, 1.165) is 0 Å². The number of carbonyl (C=O) groups is 2. The summed E-state index contributed by atoms with van der Waals surface area (Å²) < 4.78 is 19.8. The van der Waals surface area contributed by atoms with Crippen molar-refractivity contribution in [3.05, 3.63) is 59.3 Å². The van der Waals surface area contributed by atoms with Crippen molar-refractivity contribution in [2.75, 3.05) is 33.1 Å². The average Bonchev–Trinajstić information content (AvgIpc) is 3.33. The Morgan fingerprint density at radius 1 is 1.25 bits per heavy atom. The van der Waals surface area contributed by atoms with E-state index in [-0.39, 0.29) is 52.4 Å². The molecule has 1 aliphatic heterocycles. The molecule has 2 atom stereocenters. The number of halogens is 2. The van der Waals surface area contributed by atoms with E-state index < -0.39 is 5.82 Å². The van der Waals surface area contributed by atoms with Crippen LogP contribution < -0.4 is 20.7 Å². The van der Waals surface area contributed by atoms with E-state index in [9.17, 15) is 14.0 Å². The number of hydrogen-bond donors (Lipinski definition) is 3. The highest BCUT2D eigenvalue weighted by Gasteiger charge is 2.31. The Balaban J connectivity index is 1.56. The number of rotatable bonds is 7. The zero-order chi connectivity index (χ0) is 25.8. The average molecular weight is 514 g/mol. The maximum Gasteiger partial charge on any atom is 0.255 e. The molecule has 1 fully saturated rings. The molecule has 0 bridgehead atoms. The van der Waals surface area contributed by atoms with Crippen LogP contribution in [0.2, 0.25) is 5.02 Å². The Hall–Kier alpha value is -3.83. The summed E-state index contributed by atoms with van der Waals surface area (Å²) in [4.78, 5) is 39.5. The number of ether oxygens (including phenoxy) is 1. The fourth-order valence-electron chi connectivity index (χ4n) is 3.83. The first-order valence-electron chi connectivity index (χ1n) is 11.1. The molecule has 3 aromatic rings. The van der Waals surface area contributed by atoms with Gasteiger partial charge >= 0.3 is 0 Å². The molecule has 2 unspecified atom stereocenters. The Morgan fingerprint density at radius 3 is 2.81 bits per heavy atom. The first-order valence-corrected chi connectivity index (χ1v) is 11.5. The molecule has 4 rings (SSSR count). The second-order valence-electron chi connectivity index (χ2n) is 8.38. The number of carbonyl (C=O) groups excluding carboxylic acids is 2. The van der Waals surface area contributed by atoms with Gasteiger partial charge in [-0.3, -0.25) is 14.6 Å². The van der Waals surface area contributed by atoms with Gasteiger partial charge in [-0.2, -0.15) is 0 Å². The van der Waals surface area contributed by atoms with E-state index in [1.807, 2.05) is 0 Å². The van der Waals surface area contributed by atoms with Gasteiger partial charge in [0.1, 0.15) is 5.82 Å². The summed E-state index contributed by atoms with van der Waals surface area (Å²) >= 11 is 6.02. The molecule has 188 valence electrons. The van der Waals surface area contributed by atoms with Crippen LogP contribution in [0.25, 0.3) is 11.4 Å². The third-order valence-electron chi connectivity index (χ3n) is 5.67. The number of pyridine rings is 1. The fourth-order valence-corrected chi connectivity index (χ4v) is 4.00. The van der Waals surface area contributed by atoms with Gasteiger partial charge < -0.3 is 25.6 Å². The van der Waals surface area contributed by atoms with Gasteiger partial charge in [-0.05, 0) is 30.7 Å². The maximum absolute atomic E-state index is 14.4. The zero-order valence-electron chi connectivity index (χ0n) is 19.9. The van der Waals surface area contributed by atoms with Crippen LogP contribution >= 0.6 is 11.6 Å². The van der Waals surface area contributed by atoms with E-state index in [0.29, 0.717) is 23.7 Å². The summed E-state index contributed by atoms with van der Waals surface area (Å²) in [5.41, 5.74) is 0.788. The minimum Gasteiger partial charge on any atom is -0.491 e. The second-order valence-corrected chi connectivity index (χ2v) is 8.82. The SMILES string of the molecule is COc1cnc(-c2cc(Cl)ccc2F)nc1Nc1ccncc1C(=O)NC1CNC(C(=O)N(C)C)C1. The third-order valence-corrected chi connectivity index (χ3v) is 5.90. The normalized spacial score (nSPS) is 16.9. The number of amides is 2. The quantitative estimate of drug-likeness (QED) is 0.441. The van der Waals surface area contributed by atoms with Crippen molar-refractivity contribution in [2.45, 2.75) is 18.5 Å². The second kappa shape index (κ2) is 10.8. The highest BCUT2D eigenvalue weighted by atomic mass is 35.5. The molecule has 1 aliphatic rings. The fraction of sp³-hybridized carbons (Fsp3) is 0.292. The molecule has 10 nitrogen and oxygen atoms in total. The van der Waals surface area contributed by atoms with Gasteiger partial charge in [0.2, 0.25) is 5.91 Å². The van der Waals surface area contributed by atoms with Crippen molar-refractivity contribution in [3.63, 3.8) is 0 Å². The lowest BCUT2D eigenvalue weighted by Crippen LogP contribution is -2.39. The van der Waals surface area contributed by atoms with Crippen molar-refractivity contribution in [2.24, 2.45) is 0 Å². The Labute approximate surface area is 212 Å². The molecule has 0 aliphatic carbocycles. The number of aromatic nitrogens is 3. The zero-order valence-corrected chi connectivity index (χ0v) is 20.6. The summed E-state index contributed by atoms with van der Waals surface area (Å²) in [6.45, 7) is 0.466. The van der Waals surface area contributed by atoms with Crippen LogP contribution in [0.3, 0.4) is 0 Å². The Morgan fingerprint density at radius 2 is 2.06 bits per heavy atom. The number of anilines is 2. The van der Waals surface area contributed by atoms with E-state index in [1.54, 1.807) is 20.2 Å². The van der Waals surface area contributed by atoms with Gasteiger partial charge in [0, 0.05) is 44.1 Å². The minimum atomic E-state index is -0.532. The summed E-state index contributed by atoms with van der Waals surface area (Å²) in [6.07, 6.45) is 4.82. The molecule has 12 heteroatoms. The van der Waals surface area contributed by atoms with Crippen LogP contribution in [-0.2, 0) is 4.79 Å². The largest absolute Gasteiger partial charge is 0.491 e. The molecule has 36 heavy (non-hydrogen) atoms. The van der Waals surface area contributed by atoms with Gasteiger partial charge in [0.15, 0.2) is 17.4 Å². The number of hydrogen-bond acceptors (Lipinski definition) is 8. The predicted molar refractivity (Wildman–Crippen MR) is 133 cm³/mol. The summed E-state index contributed by atoms with van der Waals surface area (Å²) in [5.74, 6) is -0.346. The van der Waals surface area contributed by atoms with Crippen molar-refractivity contribution in [1.29, 1.82) is 0 Å². The molecule has 0 spiro atoms. The molecule has 3 heterocycles. The number of nitrogens with zero attached hydrogens (tertiary/aromatic N) is 4.